The van der Waals surface area contributed by atoms with Crippen LogP contribution in [0.3, 0.4) is 0 Å². The third-order valence-electron chi connectivity index (χ3n) is 4.23. The van der Waals surface area contributed by atoms with Crippen molar-refractivity contribution in [3.8, 4) is 0 Å². The lowest BCUT2D eigenvalue weighted by Crippen LogP contribution is -2.37. The molecule has 0 amide bonds. The van der Waals surface area contributed by atoms with Gasteiger partial charge < -0.3 is 10.1 Å². The summed E-state index contributed by atoms with van der Waals surface area (Å²) in [4.78, 5) is 4.13. The zero-order chi connectivity index (χ0) is 21.1. The second-order valence-corrected chi connectivity index (χ2v) is 7.30. The van der Waals surface area contributed by atoms with Crippen molar-refractivity contribution in [2.45, 2.75) is 25.9 Å². The van der Waals surface area contributed by atoms with Gasteiger partial charge in [-0.25, -0.2) is 0 Å². The number of ether oxygens (including phenoxy) is 1. The highest BCUT2D eigenvalue weighted by Gasteiger charge is 2.39. The molecule has 0 fully saturated rings. The molecule has 1 aliphatic rings. The van der Waals surface area contributed by atoms with Crippen LogP contribution in [0.2, 0.25) is 0 Å². The average molecular weight is 429 g/mol. The number of hydrogen-bond acceptors (Lipinski definition) is 6. The first kappa shape index (κ1) is 24.2. The van der Waals surface area contributed by atoms with Crippen LogP contribution in [0, 0.1) is 0 Å². The van der Waals surface area contributed by atoms with Gasteiger partial charge in [0, 0.05) is 27.8 Å². The molecule has 0 aromatic carbocycles. The highest BCUT2D eigenvalue weighted by atomic mass is 32.2. The van der Waals surface area contributed by atoms with E-state index in [4.69, 9.17) is 17.0 Å². The van der Waals surface area contributed by atoms with Crippen molar-refractivity contribution in [2.24, 2.45) is 15.2 Å². The number of hydrazone groups is 2. The Morgan fingerprint density at radius 1 is 1.32 bits per heavy atom. The molecule has 1 unspecified atom stereocenters. The molecule has 9 nitrogen and oxygen atoms in total. The van der Waals surface area contributed by atoms with Gasteiger partial charge in [0.1, 0.15) is 14.1 Å². The summed E-state index contributed by atoms with van der Waals surface area (Å²) in [6.45, 7) is 2.64. The Labute approximate surface area is 177 Å². The third kappa shape index (κ3) is 6.95. The zero-order valence-electron chi connectivity index (χ0n) is 17.7. The smallest absolute Gasteiger partial charge is 0.343 e. The molecule has 28 heavy (non-hydrogen) atoms. The number of thioether (sulfide) groups is 1. The van der Waals surface area contributed by atoms with Crippen LogP contribution in [-0.4, -0.2) is 97.1 Å². The molecule has 3 N–H and O–H groups in total. The molecule has 11 heteroatoms. The average Bonchev–Trinajstić information content (AvgIpc) is 2.97. The molecule has 0 aromatic rings. The number of amidine groups is 1. The van der Waals surface area contributed by atoms with E-state index in [2.05, 4.69) is 60.8 Å². The zero-order valence-corrected chi connectivity index (χ0v) is 19.4. The van der Waals surface area contributed by atoms with E-state index in [0.29, 0.717) is 16.5 Å². The molecule has 156 valence electrons. The van der Waals surface area contributed by atoms with Gasteiger partial charge in [0.05, 0.1) is 12.1 Å². The first-order valence-electron chi connectivity index (χ1n) is 8.92. The summed E-state index contributed by atoms with van der Waals surface area (Å²) < 4.78 is 9.56. The summed E-state index contributed by atoms with van der Waals surface area (Å²) in [5.41, 5.74) is 8.21. The van der Waals surface area contributed by atoms with Crippen molar-refractivity contribution in [2.75, 3.05) is 48.2 Å². The molecule has 0 saturated heterocycles. The largest absolute Gasteiger partial charge is 0.385 e. The Morgan fingerprint density at radius 3 is 2.61 bits per heavy atom. The maximum absolute atomic E-state index is 5.19. The fourth-order valence-corrected chi connectivity index (χ4v) is 3.06. The maximum Gasteiger partial charge on any atom is 0.343 e. The van der Waals surface area contributed by atoms with Crippen LogP contribution in [0.4, 0.5) is 0 Å². The van der Waals surface area contributed by atoms with Crippen molar-refractivity contribution in [3.05, 3.63) is 0 Å². The Kier molecular flexibility index (Phi) is 10.9. The van der Waals surface area contributed by atoms with Crippen LogP contribution in [0.15, 0.2) is 15.2 Å². The monoisotopic (exact) mass is 428 g/mol. The van der Waals surface area contributed by atoms with Crippen LogP contribution in [-0.2, 0) is 4.74 Å². The molecule has 0 saturated carbocycles. The molecule has 1 aliphatic heterocycles. The molecular weight excluding hydrogens is 396 g/mol. The quantitative estimate of drug-likeness (QED) is 0.129. The summed E-state index contributed by atoms with van der Waals surface area (Å²) >= 11 is 6.65. The summed E-state index contributed by atoms with van der Waals surface area (Å²) in [5, 5.41) is 13.0. The lowest BCUT2D eigenvalue weighted by Gasteiger charge is -2.07. The molecule has 0 aromatic heterocycles. The minimum Gasteiger partial charge on any atom is -0.385 e. The van der Waals surface area contributed by atoms with Gasteiger partial charge in [0.25, 0.3) is 5.71 Å². The van der Waals surface area contributed by atoms with E-state index >= 15 is 0 Å². The molecular formula is C17H32N8OS2+2. The van der Waals surface area contributed by atoms with Gasteiger partial charge in [-0.3, -0.25) is 15.8 Å². The second-order valence-electron chi connectivity index (χ2n) is 6.10. The molecule has 0 spiro atoms. The summed E-state index contributed by atoms with van der Waals surface area (Å²) in [7, 11) is 9.31. The highest BCUT2D eigenvalue weighted by Crippen LogP contribution is 2.08. The number of aliphatic imine (C=N–C) groups is 1. The van der Waals surface area contributed by atoms with Gasteiger partial charge in [0.15, 0.2) is 16.0 Å². The SMILES string of the molecule is CN=C(N/N=C(C)/C(=N/NC(=S)NC)C1=[N+](C)C(CCCOC)[N+](C)=C1)SC. The molecule has 0 aliphatic carbocycles. The van der Waals surface area contributed by atoms with Crippen molar-refractivity contribution < 1.29 is 13.9 Å². The van der Waals surface area contributed by atoms with Crippen molar-refractivity contribution in [1.82, 2.24) is 16.2 Å². The van der Waals surface area contributed by atoms with E-state index < -0.39 is 0 Å². The topological polar surface area (TPSA) is 88.4 Å². The van der Waals surface area contributed by atoms with Crippen LogP contribution in [0.1, 0.15) is 19.8 Å². The molecule has 0 radical (unpaired) electrons. The highest BCUT2D eigenvalue weighted by molar-refractivity contribution is 8.13. The van der Waals surface area contributed by atoms with E-state index in [1.54, 1.807) is 21.2 Å². The first-order chi connectivity index (χ1) is 13.4. The fraction of sp³-hybridized carbons (Fsp3) is 0.647. The number of rotatable bonds is 8. The van der Waals surface area contributed by atoms with Gasteiger partial charge in [0.2, 0.25) is 6.21 Å². The minimum absolute atomic E-state index is 0.228. The van der Waals surface area contributed by atoms with Gasteiger partial charge in [-0.1, -0.05) is 11.8 Å². The van der Waals surface area contributed by atoms with Crippen LogP contribution < -0.4 is 16.2 Å². The van der Waals surface area contributed by atoms with E-state index in [9.17, 15) is 0 Å². The Hall–Kier alpha value is -1.85. The normalized spacial score (nSPS) is 18.3. The summed E-state index contributed by atoms with van der Waals surface area (Å²) in [5.74, 6) is 0. The number of methoxy groups -OCH3 is 1. The van der Waals surface area contributed by atoms with Gasteiger partial charge in [-0.05, 0) is 31.8 Å². The Balaban J connectivity index is 3.20. The van der Waals surface area contributed by atoms with Crippen molar-refractivity contribution in [3.63, 3.8) is 0 Å². The van der Waals surface area contributed by atoms with Crippen molar-refractivity contribution in [1.29, 1.82) is 0 Å². The van der Waals surface area contributed by atoms with Crippen molar-refractivity contribution >= 4 is 57.6 Å². The molecule has 1 rings (SSSR count). The van der Waals surface area contributed by atoms with E-state index in [1.807, 2.05) is 13.2 Å². The van der Waals surface area contributed by atoms with Gasteiger partial charge >= 0.3 is 6.17 Å². The predicted octanol–water partition coefficient (Wildman–Crippen LogP) is 0.313. The lowest BCUT2D eigenvalue weighted by molar-refractivity contribution is -0.740. The lowest BCUT2D eigenvalue weighted by atomic mass is 10.1. The number of thiocarbonyl (C=S) groups is 1. The number of nitrogens with one attached hydrogen (secondary N) is 3. The molecule has 0 bridgehead atoms. The number of nitrogens with zero attached hydrogens (tertiary/aromatic N) is 5. The summed E-state index contributed by atoms with van der Waals surface area (Å²) in [6.07, 6.45) is 6.19. The second kappa shape index (κ2) is 12.6. The van der Waals surface area contributed by atoms with E-state index in [-0.39, 0.29) is 6.17 Å². The molecule has 1 heterocycles. The Bertz CT molecular complexity index is 712. The van der Waals surface area contributed by atoms with Gasteiger partial charge in [-0.2, -0.15) is 19.4 Å². The van der Waals surface area contributed by atoms with Gasteiger partial charge in [-0.15, -0.1) is 0 Å². The predicted molar refractivity (Wildman–Crippen MR) is 124 cm³/mol. The molecule has 1 atom stereocenters. The standard InChI is InChI=1S/C17H30N8OS2/c1-12(20-23-17(19-3)28-7)15(21-22-16(27)18-2)13-11-24(4)14(25(13)5)9-8-10-26-6/h11,14H,8-10H2,1-7H3,(H,18,27)/p+2. The third-order valence-corrected chi connectivity index (χ3v) is 5.19. The number of hydrogen-bond donors (Lipinski definition) is 3. The van der Waals surface area contributed by atoms with Crippen LogP contribution in [0.25, 0.3) is 0 Å². The van der Waals surface area contributed by atoms with Crippen LogP contribution in [0.5, 0.6) is 0 Å². The Morgan fingerprint density at radius 2 is 2.04 bits per heavy atom. The summed E-state index contributed by atoms with van der Waals surface area (Å²) in [6, 6.07) is 0. The van der Waals surface area contributed by atoms with Crippen LogP contribution >= 0.6 is 24.0 Å². The fourth-order valence-electron chi connectivity index (χ4n) is 2.70. The first-order valence-corrected chi connectivity index (χ1v) is 10.6. The van der Waals surface area contributed by atoms with E-state index in [1.165, 1.54) is 11.8 Å². The minimum atomic E-state index is 0.228. The maximum atomic E-state index is 5.19. The van der Waals surface area contributed by atoms with E-state index in [0.717, 1.165) is 30.3 Å².